The van der Waals surface area contributed by atoms with Gasteiger partial charge in [0.2, 0.25) is 0 Å². The third-order valence-corrected chi connectivity index (χ3v) is 5.66. The summed E-state index contributed by atoms with van der Waals surface area (Å²) in [7, 11) is -2.06. The predicted molar refractivity (Wildman–Crippen MR) is 72.1 cm³/mol. The smallest absolute Gasteiger partial charge is 0.254 e. The first kappa shape index (κ1) is 15.1. The van der Waals surface area contributed by atoms with Crippen LogP contribution in [0.15, 0.2) is 16.9 Å². The molecule has 6 nitrogen and oxygen atoms in total. The fourth-order valence-electron chi connectivity index (χ4n) is 1.41. The van der Waals surface area contributed by atoms with Crippen LogP contribution in [-0.2, 0) is 14.8 Å². The Morgan fingerprint density at radius 2 is 2.28 bits per heavy atom. The van der Waals surface area contributed by atoms with Gasteiger partial charge in [0.15, 0.2) is 9.34 Å². The van der Waals surface area contributed by atoms with Crippen LogP contribution in [0.5, 0.6) is 0 Å². The number of methoxy groups -OCH3 is 1. The highest BCUT2D eigenvalue weighted by atomic mass is 32.2. The van der Waals surface area contributed by atoms with Gasteiger partial charge in [-0.05, 0) is 6.92 Å². The fourth-order valence-corrected chi connectivity index (χ4v) is 4.24. The zero-order valence-corrected chi connectivity index (χ0v) is 12.1. The number of nitrogens with two attached hydrogens (primary N) is 1. The highest BCUT2D eigenvalue weighted by Gasteiger charge is 2.27. The second-order valence-corrected chi connectivity index (χ2v) is 6.73. The molecule has 0 radical (unpaired) electrons. The third-order valence-electron chi connectivity index (χ3n) is 2.22. The maximum absolute atomic E-state index is 12.4. The molecule has 1 aromatic rings. The average Bonchev–Trinajstić information content (AvgIpc) is 2.64. The lowest BCUT2D eigenvalue weighted by Crippen LogP contribution is -2.34. The quantitative estimate of drug-likeness (QED) is 0.753. The van der Waals surface area contributed by atoms with Crippen LogP contribution >= 0.6 is 11.3 Å². The monoisotopic (exact) mass is 291 g/mol. The first-order valence-corrected chi connectivity index (χ1v) is 7.52. The topological polar surface area (TPSA) is 85.5 Å². The molecule has 0 aliphatic rings. The van der Waals surface area contributed by atoms with Gasteiger partial charge in [0, 0.05) is 20.2 Å². The Balaban J connectivity index is 3.08. The van der Waals surface area contributed by atoms with E-state index in [9.17, 15) is 8.42 Å². The number of rotatable bonds is 7. The molecular weight excluding hydrogens is 274 g/mol. The summed E-state index contributed by atoms with van der Waals surface area (Å²) < 4.78 is 31.2. The van der Waals surface area contributed by atoms with Crippen molar-refractivity contribution in [3.8, 4) is 0 Å². The number of anilines is 1. The molecule has 18 heavy (non-hydrogen) atoms. The van der Waals surface area contributed by atoms with E-state index in [2.05, 4.69) is 11.6 Å². The Kier molecular flexibility index (Phi) is 5.27. The molecule has 0 bridgehead atoms. The lowest BCUT2D eigenvalue weighted by molar-refractivity contribution is 0.182. The number of aryl methyl sites for hydroxylation is 1. The summed E-state index contributed by atoms with van der Waals surface area (Å²) in [6, 6.07) is 0. The number of hydrogen-bond donors (Lipinski definition) is 1. The van der Waals surface area contributed by atoms with Crippen molar-refractivity contribution in [1.82, 2.24) is 9.29 Å². The molecule has 1 rings (SSSR count). The Morgan fingerprint density at radius 3 is 2.72 bits per heavy atom. The Labute approximate surface area is 111 Å². The van der Waals surface area contributed by atoms with Crippen molar-refractivity contribution in [2.24, 2.45) is 0 Å². The van der Waals surface area contributed by atoms with Crippen molar-refractivity contribution in [3.05, 3.63) is 18.3 Å². The molecule has 0 amide bonds. The molecule has 102 valence electrons. The molecule has 0 unspecified atom stereocenters. The van der Waals surface area contributed by atoms with E-state index < -0.39 is 10.0 Å². The van der Waals surface area contributed by atoms with Crippen LogP contribution in [0.3, 0.4) is 0 Å². The summed E-state index contributed by atoms with van der Waals surface area (Å²) in [5.74, 6) is 0. The molecule has 0 aliphatic heterocycles. The SMILES string of the molecule is C=CCN(CCOC)S(=O)(=O)c1sc(N)nc1C. The normalized spacial score (nSPS) is 11.9. The van der Waals surface area contributed by atoms with Gasteiger partial charge < -0.3 is 10.5 Å². The van der Waals surface area contributed by atoms with Gasteiger partial charge in [-0.3, -0.25) is 0 Å². The first-order chi connectivity index (χ1) is 8.43. The standard InChI is InChI=1S/C10H17N3O3S2/c1-4-5-13(6-7-16-3)18(14,15)9-8(2)12-10(11)17-9/h4H,1,5-7H2,2-3H3,(H2,11,12). The number of hydrogen-bond acceptors (Lipinski definition) is 6. The minimum Gasteiger partial charge on any atom is -0.383 e. The first-order valence-electron chi connectivity index (χ1n) is 5.26. The molecule has 0 saturated heterocycles. The van der Waals surface area contributed by atoms with E-state index in [1.165, 1.54) is 17.5 Å². The maximum atomic E-state index is 12.4. The second-order valence-electron chi connectivity index (χ2n) is 3.57. The summed E-state index contributed by atoms with van der Waals surface area (Å²) in [6.45, 7) is 6.00. The van der Waals surface area contributed by atoms with E-state index >= 15 is 0 Å². The summed E-state index contributed by atoms with van der Waals surface area (Å²) >= 11 is 0.971. The van der Waals surface area contributed by atoms with Crippen LogP contribution in [0.25, 0.3) is 0 Å². The van der Waals surface area contributed by atoms with Crippen molar-refractivity contribution < 1.29 is 13.2 Å². The molecule has 0 aliphatic carbocycles. The minimum absolute atomic E-state index is 0.179. The largest absolute Gasteiger partial charge is 0.383 e. The molecular formula is C10H17N3O3S2. The van der Waals surface area contributed by atoms with E-state index in [1.54, 1.807) is 6.92 Å². The second kappa shape index (κ2) is 6.28. The summed E-state index contributed by atoms with van der Waals surface area (Å²) in [4.78, 5) is 3.93. The van der Waals surface area contributed by atoms with E-state index in [4.69, 9.17) is 10.5 Å². The Morgan fingerprint density at radius 1 is 1.61 bits per heavy atom. The van der Waals surface area contributed by atoms with Gasteiger partial charge in [0.1, 0.15) is 0 Å². The highest BCUT2D eigenvalue weighted by molar-refractivity contribution is 7.91. The number of nitrogens with zero attached hydrogens (tertiary/aromatic N) is 2. The summed E-state index contributed by atoms with van der Waals surface area (Å²) in [5.41, 5.74) is 5.95. The van der Waals surface area contributed by atoms with Gasteiger partial charge in [-0.15, -0.1) is 6.58 Å². The van der Waals surface area contributed by atoms with E-state index in [0.29, 0.717) is 12.3 Å². The minimum atomic E-state index is -3.59. The molecule has 1 heterocycles. The van der Waals surface area contributed by atoms with Gasteiger partial charge in [-0.1, -0.05) is 17.4 Å². The molecule has 1 aromatic heterocycles. The third kappa shape index (κ3) is 3.29. The number of ether oxygens (including phenoxy) is 1. The number of sulfonamides is 1. The van der Waals surface area contributed by atoms with Gasteiger partial charge in [-0.2, -0.15) is 4.31 Å². The van der Waals surface area contributed by atoms with E-state index in [1.807, 2.05) is 0 Å². The van der Waals surface area contributed by atoms with Crippen LogP contribution in [-0.4, -0.2) is 44.5 Å². The number of nitrogen functional groups attached to an aromatic ring is 1. The zero-order valence-electron chi connectivity index (χ0n) is 10.4. The van der Waals surface area contributed by atoms with Crippen molar-refractivity contribution >= 4 is 26.5 Å². The average molecular weight is 291 g/mol. The van der Waals surface area contributed by atoms with Crippen molar-refractivity contribution in [2.75, 3.05) is 32.5 Å². The van der Waals surface area contributed by atoms with Crippen LogP contribution in [0.1, 0.15) is 5.69 Å². The molecule has 0 fully saturated rings. The van der Waals surface area contributed by atoms with Crippen LogP contribution in [0.2, 0.25) is 0 Å². The Hall–Kier alpha value is -0.960. The van der Waals surface area contributed by atoms with Crippen LogP contribution < -0.4 is 5.73 Å². The lowest BCUT2D eigenvalue weighted by atomic mass is 10.6. The molecule has 8 heteroatoms. The van der Waals surface area contributed by atoms with E-state index in [-0.39, 0.29) is 22.4 Å². The van der Waals surface area contributed by atoms with Crippen molar-refractivity contribution in [2.45, 2.75) is 11.1 Å². The number of aromatic nitrogens is 1. The van der Waals surface area contributed by atoms with E-state index in [0.717, 1.165) is 11.3 Å². The molecule has 0 spiro atoms. The summed E-state index contributed by atoms with van der Waals surface area (Å²) in [6.07, 6.45) is 1.53. The number of thiazole rings is 1. The highest BCUT2D eigenvalue weighted by Crippen LogP contribution is 2.27. The lowest BCUT2D eigenvalue weighted by Gasteiger charge is -2.19. The van der Waals surface area contributed by atoms with Crippen molar-refractivity contribution in [1.29, 1.82) is 0 Å². The molecule has 0 aromatic carbocycles. The predicted octanol–water partition coefficient (Wildman–Crippen LogP) is 0.857. The van der Waals surface area contributed by atoms with Crippen molar-refractivity contribution in [3.63, 3.8) is 0 Å². The van der Waals surface area contributed by atoms with Gasteiger partial charge in [-0.25, -0.2) is 13.4 Å². The van der Waals surface area contributed by atoms with Gasteiger partial charge in [0.05, 0.1) is 12.3 Å². The zero-order chi connectivity index (χ0) is 13.8. The Bertz CT molecular complexity index is 510. The summed E-state index contributed by atoms with van der Waals surface area (Å²) in [5, 5.41) is 0.247. The molecule has 2 N–H and O–H groups in total. The molecule has 0 saturated carbocycles. The van der Waals surface area contributed by atoms with Gasteiger partial charge in [0.25, 0.3) is 10.0 Å². The van der Waals surface area contributed by atoms with Crippen LogP contribution in [0.4, 0.5) is 5.13 Å². The maximum Gasteiger partial charge on any atom is 0.254 e. The van der Waals surface area contributed by atoms with Gasteiger partial charge >= 0.3 is 0 Å². The molecule has 0 atom stereocenters. The van der Waals surface area contributed by atoms with Crippen LogP contribution in [0, 0.1) is 6.92 Å². The fraction of sp³-hybridized carbons (Fsp3) is 0.500.